The van der Waals surface area contributed by atoms with E-state index in [9.17, 15) is 0 Å². The molecular formula is C23H36OSi. The normalized spacial score (nSPS) is 27.8. The van der Waals surface area contributed by atoms with Gasteiger partial charge in [0.2, 0.25) is 8.32 Å². The monoisotopic (exact) mass is 356 g/mol. The number of aryl methyl sites for hydroxylation is 1. The summed E-state index contributed by atoms with van der Waals surface area (Å²) in [5, 5.41) is 0. The Morgan fingerprint density at radius 1 is 1.12 bits per heavy atom. The summed E-state index contributed by atoms with van der Waals surface area (Å²) in [5.74, 6) is 2.37. The maximum absolute atomic E-state index is 6.56. The Hall–Kier alpha value is -1.02. The molecule has 0 spiro atoms. The van der Waals surface area contributed by atoms with Crippen LogP contribution in [0, 0.1) is 11.3 Å². The standard InChI is InChI=1S/C23H36OSi/c1-16(2)18-14-17-10-11-21-22(3,4)12-9-13-23(21,5)19(17)15-20(18)24-25(6,7)8/h9,12,14-16,21H,10-11,13H2,1-8H3. The van der Waals surface area contributed by atoms with Crippen molar-refractivity contribution in [2.45, 2.75) is 84.9 Å². The van der Waals surface area contributed by atoms with Crippen molar-refractivity contribution in [1.82, 2.24) is 0 Å². The lowest BCUT2D eigenvalue weighted by Gasteiger charge is -2.52. The van der Waals surface area contributed by atoms with Crippen LogP contribution in [0.4, 0.5) is 0 Å². The molecule has 2 unspecified atom stereocenters. The molecule has 0 aromatic heterocycles. The van der Waals surface area contributed by atoms with Crippen molar-refractivity contribution in [1.29, 1.82) is 0 Å². The van der Waals surface area contributed by atoms with Crippen molar-refractivity contribution >= 4 is 8.32 Å². The molecule has 138 valence electrons. The van der Waals surface area contributed by atoms with Gasteiger partial charge in [-0.05, 0) is 84.3 Å². The predicted octanol–water partition coefficient (Wildman–Crippen LogP) is 6.83. The Kier molecular flexibility index (Phi) is 4.51. The van der Waals surface area contributed by atoms with Crippen LogP contribution >= 0.6 is 0 Å². The van der Waals surface area contributed by atoms with Gasteiger partial charge in [-0.3, -0.25) is 0 Å². The van der Waals surface area contributed by atoms with Gasteiger partial charge in [0.25, 0.3) is 0 Å². The minimum atomic E-state index is -1.63. The van der Waals surface area contributed by atoms with Crippen LogP contribution in [0.5, 0.6) is 5.75 Å². The molecule has 0 bridgehead atoms. The van der Waals surface area contributed by atoms with E-state index in [0.717, 1.165) is 12.2 Å². The summed E-state index contributed by atoms with van der Waals surface area (Å²) in [6.45, 7) is 18.8. The SMILES string of the molecule is CC(C)c1cc2c(cc1O[Si](C)(C)C)C1(C)CC=CC(C)(C)C1CC2. The van der Waals surface area contributed by atoms with Crippen molar-refractivity contribution in [3.05, 3.63) is 41.0 Å². The van der Waals surface area contributed by atoms with Crippen LogP contribution in [0.15, 0.2) is 24.3 Å². The molecule has 0 fully saturated rings. The molecule has 1 nitrogen and oxygen atoms in total. The van der Waals surface area contributed by atoms with E-state index in [1.165, 1.54) is 18.4 Å². The largest absolute Gasteiger partial charge is 0.544 e. The highest BCUT2D eigenvalue weighted by Crippen LogP contribution is 2.55. The molecule has 0 aliphatic heterocycles. The van der Waals surface area contributed by atoms with Crippen LogP contribution in [0.3, 0.4) is 0 Å². The van der Waals surface area contributed by atoms with Gasteiger partial charge < -0.3 is 4.43 Å². The third-order valence-corrected chi connectivity index (χ3v) is 7.18. The second-order valence-corrected chi connectivity index (χ2v) is 14.8. The Labute approximate surface area is 156 Å². The highest BCUT2D eigenvalue weighted by molar-refractivity contribution is 6.70. The molecule has 1 aromatic carbocycles. The lowest BCUT2D eigenvalue weighted by Crippen LogP contribution is -2.46. The summed E-state index contributed by atoms with van der Waals surface area (Å²) in [5.41, 5.74) is 5.03. The van der Waals surface area contributed by atoms with Gasteiger partial charge >= 0.3 is 0 Å². The van der Waals surface area contributed by atoms with Gasteiger partial charge in [0.15, 0.2) is 0 Å². The summed E-state index contributed by atoms with van der Waals surface area (Å²) in [6, 6.07) is 4.91. The zero-order chi connectivity index (χ0) is 18.6. The van der Waals surface area contributed by atoms with Crippen LogP contribution in [0.25, 0.3) is 0 Å². The third-order valence-electron chi connectivity index (χ3n) is 6.35. The molecule has 3 rings (SSSR count). The average Bonchev–Trinajstić information content (AvgIpc) is 2.44. The maximum Gasteiger partial charge on any atom is 0.242 e. The van der Waals surface area contributed by atoms with E-state index in [0.29, 0.717) is 11.8 Å². The zero-order valence-electron chi connectivity index (χ0n) is 17.5. The molecule has 0 amide bonds. The highest BCUT2D eigenvalue weighted by Gasteiger charge is 2.48. The summed E-state index contributed by atoms with van der Waals surface area (Å²) < 4.78 is 6.56. The van der Waals surface area contributed by atoms with E-state index in [2.05, 4.69) is 78.5 Å². The number of hydrogen-bond donors (Lipinski definition) is 0. The van der Waals surface area contributed by atoms with E-state index in [1.807, 2.05) is 0 Å². The topological polar surface area (TPSA) is 9.23 Å². The second-order valence-electron chi connectivity index (χ2n) is 10.4. The van der Waals surface area contributed by atoms with Gasteiger partial charge in [0.1, 0.15) is 5.75 Å². The Morgan fingerprint density at radius 3 is 2.40 bits per heavy atom. The first-order valence-electron chi connectivity index (χ1n) is 9.98. The smallest absolute Gasteiger partial charge is 0.242 e. The first-order valence-corrected chi connectivity index (χ1v) is 13.4. The van der Waals surface area contributed by atoms with Crippen LogP contribution in [0.2, 0.25) is 19.6 Å². The van der Waals surface area contributed by atoms with Gasteiger partial charge in [-0.2, -0.15) is 0 Å². The van der Waals surface area contributed by atoms with Crippen LogP contribution in [0.1, 0.15) is 70.1 Å². The van der Waals surface area contributed by atoms with E-state index in [-0.39, 0.29) is 10.8 Å². The summed E-state index contributed by atoms with van der Waals surface area (Å²) in [7, 11) is -1.63. The Bertz CT molecular complexity index is 693. The predicted molar refractivity (Wildman–Crippen MR) is 111 cm³/mol. The van der Waals surface area contributed by atoms with Crippen LogP contribution in [-0.4, -0.2) is 8.32 Å². The lowest BCUT2D eigenvalue weighted by atomic mass is 9.52. The van der Waals surface area contributed by atoms with Crippen molar-refractivity contribution in [2.24, 2.45) is 11.3 Å². The molecule has 2 aliphatic carbocycles. The van der Waals surface area contributed by atoms with E-state index in [4.69, 9.17) is 4.43 Å². The van der Waals surface area contributed by atoms with E-state index >= 15 is 0 Å². The number of allylic oxidation sites excluding steroid dienone is 2. The van der Waals surface area contributed by atoms with Gasteiger partial charge in [0, 0.05) is 0 Å². The molecule has 2 aliphatic rings. The van der Waals surface area contributed by atoms with Crippen molar-refractivity contribution in [2.75, 3.05) is 0 Å². The summed E-state index contributed by atoms with van der Waals surface area (Å²) in [6.07, 6.45) is 8.53. The molecule has 0 radical (unpaired) electrons. The minimum Gasteiger partial charge on any atom is -0.544 e. The number of fused-ring (bicyclic) bond motifs is 3. The first kappa shape index (κ1) is 18.8. The average molecular weight is 357 g/mol. The molecule has 2 atom stereocenters. The quantitative estimate of drug-likeness (QED) is 0.426. The number of rotatable bonds is 3. The first-order chi connectivity index (χ1) is 11.4. The van der Waals surface area contributed by atoms with Crippen molar-refractivity contribution in [3.8, 4) is 5.75 Å². The van der Waals surface area contributed by atoms with Crippen molar-refractivity contribution in [3.63, 3.8) is 0 Å². The third kappa shape index (κ3) is 3.35. The lowest BCUT2D eigenvalue weighted by molar-refractivity contribution is 0.125. The fraction of sp³-hybridized carbons (Fsp3) is 0.652. The maximum atomic E-state index is 6.56. The van der Waals surface area contributed by atoms with Gasteiger partial charge in [-0.25, -0.2) is 0 Å². The highest BCUT2D eigenvalue weighted by atomic mass is 28.4. The molecule has 2 heteroatoms. The fourth-order valence-electron chi connectivity index (χ4n) is 5.23. The molecule has 0 heterocycles. The minimum absolute atomic E-state index is 0.235. The number of hydrogen-bond acceptors (Lipinski definition) is 1. The number of benzene rings is 1. The van der Waals surface area contributed by atoms with Crippen LogP contribution < -0.4 is 4.43 Å². The molecule has 0 saturated heterocycles. The Morgan fingerprint density at radius 2 is 1.80 bits per heavy atom. The zero-order valence-corrected chi connectivity index (χ0v) is 18.5. The molecule has 0 N–H and O–H groups in total. The molecule has 25 heavy (non-hydrogen) atoms. The van der Waals surface area contributed by atoms with Gasteiger partial charge in [-0.15, -0.1) is 0 Å². The second kappa shape index (κ2) is 6.01. The van der Waals surface area contributed by atoms with Crippen molar-refractivity contribution < 1.29 is 4.43 Å². The van der Waals surface area contributed by atoms with Crippen LogP contribution in [-0.2, 0) is 11.8 Å². The summed E-state index contributed by atoms with van der Waals surface area (Å²) in [4.78, 5) is 0. The van der Waals surface area contributed by atoms with E-state index < -0.39 is 8.32 Å². The molecule has 0 saturated carbocycles. The van der Waals surface area contributed by atoms with Gasteiger partial charge in [-0.1, -0.05) is 52.8 Å². The molecular weight excluding hydrogens is 320 g/mol. The van der Waals surface area contributed by atoms with E-state index in [1.54, 1.807) is 11.1 Å². The molecule has 1 aromatic rings. The Balaban J connectivity index is 2.15. The summed E-state index contributed by atoms with van der Waals surface area (Å²) >= 11 is 0. The fourth-order valence-corrected chi connectivity index (χ4v) is 6.06. The van der Waals surface area contributed by atoms with Gasteiger partial charge in [0.05, 0.1) is 0 Å².